The number of alkyl halides is 3. The minimum atomic E-state index is -4.45. The predicted octanol–water partition coefficient (Wildman–Crippen LogP) is 4.05. The zero-order chi connectivity index (χ0) is 17.3. The Kier molecular flexibility index (Phi) is 5.72. The number of aromatic carboxylic acids is 1. The number of anilines is 2. The summed E-state index contributed by atoms with van der Waals surface area (Å²) in [4.78, 5) is 15.2. The van der Waals surface area contributed by atoms with Crippen LogP contribution in [0.5, 0.6) is 0 Å². The standard InChI is InChI=1S/C17H11F3N2O2.Na.H/c18-17(19,20)10-5-6-11-14(7-8-21-15(11)9-10)22-13-4-2-1-3-12(13)16(23)24;;/h1-9H,(H,21,22)(H,23,24);;. The molecule has 0 aliphatic rings. The van der Waals surface area contributed by atoms with E-state index in [9.17, 15) is 23.1 Å². The Hall–Kier alpha value is -2.09. The number of benzene rings is 2. The van der Waals surface area contributed by atoms with Crippen LogP contribution in [0.3, 0.4) is 0 Å². The molecule has 0 unspecified atom stereocenters. The van der Waals surface area contributed by atoms with Crippen LogP contribution >= 0.6 is 0 Å². The summed E-state index contributed by atoms with van der Waals surface area (Å²) in [7, 11) is 0. The topological polar surface area (TPSA) is 62.2 Å². The van der Waals surface area contributed by atoms with E-state index in [1.807, 2.05) is 0 Å². The quantitative estimate of drug-likeness (QED) is 0.695. The van der Waals surface area contributed by atoms with Crippen LogP contribution in [-0.4, -0.2) is 45.6 Å². The molecule has 0 amide bonds. The van der Waals surface area contributed by atoms with Crippen LogP contribution in [0.25, 0.3) is 10.9 Å². The molecule has 1 heterocycles. The normalized spacial score (nSPS) is 11.0. The summed E-state index contributed by atoms with van der Waals surface area (Å²) in [6, 6.07) is 11.1. The summed E-state index contributed by atoms with van der Waals surface area (Å²) in [5.74, 6) is -1.10. The van der Waals surface area contributed by atoms with Crippen molar-refractivity contribution in [2.75, 3.05) is 5.32 Å². The second-order valence-corrected chi connectivity index (χ2v) is 5.06. The second-order valence-electron chi connectivity index (χ2n) is 5.06. The van der Waals surface area contributed by atoms with E-state index in [0.717, 1.165) is 12.1 Å². The van der Waals surface area contributed by atoms with Crippen molar-refractivity contribution >= 4 is 57.8 Å². The number of pyridine rings is 1. The number of nitrogens with zero attached hydrogens (tertiary/aromatic N) is 1. The predicted molar refractivity (Wildman–Crippen MR) is 90.6 cm³/mol. The van der Waals surface area contributed by atoms with Crippen LogP contribution in [0.1, 0.15) is 15.9 Å². The first-order chi connectivity index (χ1) is 11.4. The van der Waals surface area contributed by atoms with E-state index in [1.54, 1.807) is 24.3 Å². The summed E-state index contributed by atoms with van der Waals surface area (Å²) in [5.41, 5.74) is 0.266. The number of carbonyl (C=O) groups is 1. The molecule has 0 aliphatic heterocycles. The van der Waals surface area contributed by atoms with Gasteiger partial charge in [0, 0.05) is 17.3 Å². The number of para-hydroxylation sites is 1. The molecule has 25 heavy (non-hydrogen) atoms. The number of aromatic nitrogens is 1. The van der Waals surface area contributed by atoms with Gasteiger partial charge in [-0.25, -0.2) is 4.79 Å². The number of rotatable bonds is 3. The van der Waals surface area contributed by atoms with E-state index in [2.05, 4.69) is 10.3 Å². The summed E-state index contributed by atoms with van der Waals surface area (Å²) in [5, 5.41) is 12.6. The van der Waals surface area contributed by atoms with Crippen LogP contribution < -0.4 is 5.32 Å². The number of fused-ring (bicyclic) bond motifs is 1. The fourth-order valence-corrected chi connectivity index (χ4v) is 2.36. The van der Waals surface area contributed by atoms with Gasteiger partial charge in [-0.2, -0.15) is 13.2 Å². The van der Waals surface area contributed by atoms with Gasteiger partial charge in [-0.3, -0.25) is 4.98 Å². The van der Waals surface area contributed by atoms with Crippen LogP contribution in [0, 0.1) is 0 Å². The van der Waals surface area contributed by atoms with Crippen molar-refractivity contribution in [2.45, 2.75) is 6.18 Å². The number of hydrogen-bond donors (Lipinski definition) is 2. The average molecular weight is 356 g/mol. The molecule has 0 aliphatic carbocycles. The van der Waals surface area contributed by atoms with Crippen LogP contribution in [0.4, 0.5) is 24.5 Å². The van der Waals surface area contributed by atoms with Crippen molar-refractivity contribution in [1.29, 1.82) is 0 Å². The van der Waals surface area contributed by atoms with Crippen LogP contribution in [0.15, 0.2) is 54.7 Å². The first-order valence-electron chi connectivity index (χ1n) is 6.91. The Bertz CT molecular complexity index is 929. The van der Waals surface area contributed by atoms with Crippen molar-refractivity contribution in [2.24, 2.45) is 0 Å². The molecule has 1 aromatic heterocycles. The summed E-state index contributed by atoms with van der Waals surface area (Å²) < 4.78 is 38.4. The van der Waals surface area contributed by atoms with Crippen LogP contribution in [0.2, 0.25) is 0 Å². The van der Waals surface area contributed by atoms with Gasteiger partial charge in [0.25, 0.3) is 0 Å². The SMILES string of the molecule is O=C(O)c1ccccc1Nc1ccnc2cc(C(F)(F)F)ccc12.[NaH]. The van der Waals surface area contributed by atoms with Crippen molar-refractivity contribution in [3.63, 3.8) is 0 Å². The maximum atomic E-state index is 12.8. The Morgan fingerprint density at radius 2 is 1.76 bits per heavy atom. The van der Waals surface area contributed by atoms with Gasteiger partial charge in [-0.1, -0.05) is 18.2 Å². The number of hydrogen-bond acceptors (Lipinski definition) is 3. The molecule has 3 aromatic rings. The molecule has 2 N–H and O–H groups in total. The average Bonchev–Trinajstić information content (AvgIpc) is 2.54. The molecule has 8 heteroatoms. The number of nitrogens with one attached hydrogen (secondary N) is 1. The van der Waals surface area contributed by atoms with Gasteiger partial charge in [0.05, 0.1) is 22.3 Å². The fraction of sp³-hybridized carbons (Fsp3) is 0.0588. The Morgan fingerprint density at radius 3 is 2.44 bits per heavy atom. The van der Waals surface area contributed by atoms with Crippen LogP contribution in [-0.2, 0) is 6.18 Å². The van der Waals surface area contributed by atoms with E-state index < -0.39 is 17.7 Å². The van der Waals surface area contributed by atoms with Crippen molar-refractivity contribution < 1.29 is 23.1 Å². The summed E-state index contributed by atoms with van der Waals surface area (Å²) in [6.45, 7) is 0. The number of carboxylic acid groups (broad SMARTS) is 1. The second kappa shape index (κ2) is 7.43. The molecule has 0 saturated heterocycles. The van der Waals surface area contributed by atoms with E-state index in [4.69, 9.17) is 0 Å². The Labute approximate surface area is 163 Å². The van der Waals surface area contributed by atoms with E-state index >= 15 is 0 Å². The van der Waals surface area contributed by atoms with Crippen molar-refractivity contribution in [3.8, 4) is 0 Å². The molecule has 0 fully saturated rings. The maximum absolute atomic E-state index is 12.8. The molecule has 0 radical (unpaired) electrons. The first kappa shape index (κ1) is 19.2. The molecule has 0 saturated carbocycles. The van der Waals surface area contributed by atoms with Gasteiger partial charge in [-0.05, 0) is 30.3 Å². The molecular weight excluding hydrogens is 344 g/mol. The van der Waals surface area contributed by atoms with Crippen molar-refractivity contribution in [1.82, 2.24) is 4.98 Å². The molecule has 2 aromatic carbocycles. The summed E-state index contributed by atoms with van der Waals surface area (Å²) >= 11 is 0. The number of carboxylic acids is 1. The van der Waals surface area contributed by atoms with E-state index in [-0.39, 0.29) is 40.6 Å². The van der Waals surface area contributed by atoms with Crippen molar-refractivity contribution in [3.05, 3.63) is 65.9 Å². The molecular formula is C17H12F3N2NaO2. The number of halogens is 3. The van der Waals surface area contributed by atoms with Gasteiger partial charge in [0.15, 0.2) is 0 Å². The molecule has 0 atom stereocenters. The molecule has 3 rings (SSSR count). The molecule has 4 nitrogen and oxygen atoms in total. The molecule has 0 bridgehead atoms. The third kappa shape index (κ3) is 4.12. The van der Waals surface area contributed by atoms with Gasteiger partial charge in [0.1, 0.15) is 0 Å². The van der Waals surface area contributed by atoms with Gasteiger partial charge in [-0.15, -0.1) is 0 Å². The third-order valence-corrected chi connectivity index (χ3v) is 3.50. The van der Waals surface area contributed by atoms with E-state index in [1.165, 1.54) is 18.3 Å². The molecule has 0 spiro atoms. The minimum absolute atomic E-state index is 0. The zero-order valence-electron chi connectivity index (χ0n) is 12.1. The Balaban J connectivity index is 0.00000225. The monoisotopic (exact) mass is 356 g/mol. The molecule has 124 valence electrons. The zero-order valence-corrected chi connectivity index (χ0v) is 12.1. The van der Waals surface area contributed by atoms with Gasteiger partial charge < -0.3 is 10.4 Å². The fourth-order valence-electron chi connectivity index (χ4n) is 2.36. The first-order valence-corrected chi connectivity index (χ1v) is 6.91. The Morgan fingerprint density at radius 1 is 1.04 bits per heavy atom. The van der Waals surface area contributed by atoms with Gasteiger partial charge >= 0.3 is 41.7 Å². The van der Waals surface area contributed by atoms with Gasteiger partial charge in [0.2, 0.25) is 0 Å². The third-order valence-electron chi connectivity index (χ3n) is 3.50. The van der Waals surface area contributed by atoms with E-state index in [0.29, 0.717) is 16.8 Å². The summed E-state index contributed by atoms with van der Waals surface area (Å²) in [6.07, 6.45) is -3.08.